The van der Waals surface area contributed by atoms with Crippen molar-refractivity contribution in [1.82, 2.24) is 0 Å². The number of benzene rings is 2. The topological polar surface area (TPSA) is 67.4 Å². The summed E-state index contributed by atoms with van der Waals surface area (Å²) >= 11 is 0. The van der Waals surface area contributed by atoms with E-state index in [1.807, 2.05) is 0 Å². The summed E-state index contributed by atoms with van der Waals surface area (Å²) in [5, 5.41) is 4.56. The molecule has 132 valence electrons. The van der Waals surface area contributed by atoms with Crippen LogP contribution in [-0.4, -0.2) is 18.6 Å². The number of carbonyl (C=O) groups is 2. The second kappa shape index (κ2) is 7.69. The van der Waals surface area contributed by atoms with Gasteiger partial charge in [0, 0.05) is 5.69 Å². The molecule has 0 radical (unpaired) electrons. The van der Waals surface area contributed by atoms with E-state index in [2.05, 4.69) is 10.6 Å². The molecule has 0 saturated carbocycles. The van der Waals surface area contributed by atoms with Crippen molar-refractivity contribution in [3.05, 3.63) is 59.7 Å². The summed E-state index contributed by atoms with van der Waals surface area (Å²) in [4.78, 5) is 23.4. The summed E-state index contributed by atoms with van der Waals surface area (Å²) in [5.41, 5.74) is -0.677. The Hall–Kier alpha value is -3.03. The number of para-hydroxylation sites is 1. The number of nitrogens with one attached hydrogen (secondary N) is 2. The lowest BCUT2D eigenvalue weighted by Gasteiger charge is -2.14. The lowest BCUT2D eigenvalue weighted by Crippen LogP contribution is -2.21. The molecule has 0 aliphatic rings. The first-order valence-electron chi connectivity index (χ1n) is 7.32. The van der Waals surface area contributed by atoms with Gasteiger partial charge in [0.15, 0.2) is 0 Å². The summed E-state index contributed by atoms with van der Waals surface area (Å²) in [7, 11) is 0. The van der Waals surface area contributed by atoms with Gasteiger partial charge in [-0.05, 0) is 43.3 Å². The monoisotopic (exact) mass is 352 g/mol. The van der Waals surface area contributed by atoms with E-state index in [0.717, 1.165) is 12.1 Å². The number of rotatable bonds is 4. The van der Waals surface area contributed by atoms with E-state index in [1.165, 1.54) is 36.4 Å². The SMILES string of the molecule is CCOC(=O)c1ccc(NC(=O)Nc2ccccc2C(F)(F)F)cc1. The molecule has 2 N–H and O–H groups in total. The van der Waals surface area contributed by atoms with Crippen LogP contribution in [0, 0.1) is 0 Å². The van der Waals surface area contributed by atoms with Crippen molar-refractivity contribution < 1.29 is 27.5 Å². The highest BCUT2D eigenvalue weighted by atomic mass is 19.4. The Kier molecular flexibility index (Phi) is 5.63. The first kappa shape index (κ1) is 18.3. The van der Waals surface area contributed by atoms with Gasteiger partial charge >= 0.3 is 18.2 Å². The summed E-state index contributed by atoms with van der Waals surface area (Å²) in [6.45, 7) is 1.91. The number of anilines is 2. The quantitative estimate of drug-likeness (QED) is 0.795. The Bertz CT molecular complexity index is 758. The van der Waals surface area contributed by atoms with Crippen molar-refractivity contribution in [3.8, 4) is 0 Å². The number of hydrogen-bond donors (Lipinski definition) is 2. The molecule has 0 saturated heterocycles. The molecule has 5 nitrogen and oxygen atoms in total. The molecular weight excluding hydrogens is 337 g/mol. The molecule has 2 rings (SSSR count). The van der Waals surface area contributed by atoms with E-state index in [9.17, 15) is 22.8 Å². The van der Waals surface area contributed by atoms with Crippen LogP contribution in [0.5, 0.6) is 0 Å². The third kappa shape index (κ3) is 4.97. The van der Waals surface area contributed by atoms with Crippen LogP contribution >= 0.6 is 0 Å². The Morgan fingerprint density at radius 2 is 1.64 bits per heavy atom. The Morgan fingerprint density at radius 3 is 2.24 bits per heavy atom. The molecule has 0 aliphatic heterocycles. The van der Waals surface area contributed by atoms with E-state index in [-0.39, 0.29) is 12.3 Å². The van der Waals surface area contributed by atoms with Crippen LogP contribution in [0.2, 0.25) is 0 Å². The van der Waals surface area contributed by atoms with Gasteiger partial charge in [-0.2, -0.15) is 13.2 Å². The third-order valence-corrected chi connectivity index (χ3v) is 3.13. The maximum absolute atomic E-state index is 12.9. The molecule has 8 heteroatoms. The van der Waals surface area contributed by atoms with Gasteiger partial charge in [-0.15, -0.1) is 0 Å². The highest BCUT2D eigenvalue weighted by Gasteiger charge is 2.33. The zero-order chi connectivity index (χ0) is 18.4. The van der Waals surface area contributed by atoms with Crippen LogP contribution in [0.25, 0.3) is 0 Å². The zero-order valence-corrected chi connectivity index (χ0v) is 13.2. The highest BCUT2D eigenvalue weighted by molar-refractivity contribution is 6.00. The van der Waals surface area contributed by atoms with Crippen LogP contribution in [0.1, 0.15) is 22.8 Å². The molecule has 0 aliphatic carbocycles. The molecular formula is C17H15F3N2O3. The largest absolute Gasteiger partial charge is 0.462 e. The molecule has 0 unspecified atom stereocenters. The number of amides is 2. The van der Waals surface area contributed by atoms with E-state index in [0.29, 0.717) is 11.3 Å². The van der Waals surface area contributed by atoms with Crippen molar-refractivity contribution in [1.29, 1.82) is 0 Å². The molecule has 25 heavy (non-hydrogen) atoms. The Labute approximate surface area is 141 Å². The second-order valence-electron chi connectivity index (χ2n) is 4.92. The number of alkyl halides is 3. The molecule has 2 amide bonds. The van der Waals surface area contributed by atoms with E-state index in [4.69, 9.17) is 4.74 Å². The van der Waals surface area contributed by atoms with E-state index in [1.54, 1.807) is 6.92 Å². The number of esters is 1. The van der Waals surface area contributed by atoms with Crippen molar-refractivity contribution in [2.75, 3.05) is 17.2 Å². The Balaban J connectivity index is 2.05. The van der Waals surface area contributed by atoms with Crippen LogP contribution in [0.3, 0.4) is 0 Å². The molecule has 0 aromatic heterocycles. The predicted octanol–water partition coefficient (Wildman–Crippen LogP) is 4.53. The highest BCUT2D eigenvalue weighted by Crippen LogP contribution is 2.34. The van der Waals surface area contributed by atoms with Crippen molar-refractivity contribution in [2.45, 2.75) is 13.1 Å². The van der Waals surface area contributed by atoms with Gasteiger partial charge in [-0.25, -0.2) is 9.59 Å². The minimum Gasteiger partial charge on any atom is -0.462 e. The maximum Gasteiger partial charge on any atom is 0.418 e. The van der Waals surface area contributed by atoms with Gasteiger partial charge in [-0.3, -0.25) is 0 Å². The van der Waals surface area contributed by atoms with E-state index >= 15 is 0 Å². The summed E-state index contributed by atoms with van der Waals surface area (Å²) in [6, 6.07) is 9.60. The summed E-state index contributed by atoms with van der Waals surface area (Å²) in [6.07, 6.45) is -4.58. The van der Waals surface area contributed by atoms with Gasteiger partial charge in [0.25, 0.3) is 0 Å². The fraction of sp³-hybridized carbons (Fsp3) is 0.176. The van der Waals surface area contributed by atoms with Crippen molar-refractivity contribution in [3.63, 3.8) is 0 Å². The van der Waals surface area contributed by atoms with Crippen LogP contribution in [0.4, 0.5) is 29.3 Å². The van der Waals surface area contributed by atoms with Crippen molar-refractivity contribution >= 4 is 23.4 Å². The average molecular weight is 352 g/mol. The van der Waals surface area contributed by atoms with Crippen LogP contribution < -0.4 is 10.6 Å². The number of urea groups is 1. The normalized spacial score (nSPS) is 10.9. The van der Waals surface area contributed by atoms with Crippen LogP contribution in [0.15, 0.2) is 48.5 Å². The molecule has 0 bridgehead atoms. The summed E-state index contributed by atoms with van der Waals surface area (Å²) in [5.74, 6) is -0.502. The molecule has 0 spiro atoms. The first-order chi connectivity index (χ1) is 11.8. The molecule has 0 atom stereocenters. The van der Waals surface area contributed by atoms with E-state index < -0.39 is 23.7 Å². The number of carbonyl (C=O) groups excluding carboxylic acids is 2. The van der Waals surface area contributed by atoms with Crippen molar-refractivity contribution in [2.24, 2.45) is 0 Å². The average Bonchev–Trinajstić information content (AvgIpc) is 2.55. The van der Waals surface area contributed by atoms with Gasteiger partial charge in [-0.1, -0.05) is 12.1 Å². The van der Waals surface area contributed by atoms with Crippen LogP contribution in [-0.2, 0) is 10.9 Å². The van der Waals surface area contributed by atoms with Gasteiger partial charge < -0.3 is 15.4 Å². The second-order valence-corrected chi connectivity index (χ2v) is 4.92. The minimum atomic E-state index is -4.58. The molecule has 2 aromatic rings. The Morgan fingerprint density at radius 1 is 1.00 bits per heavy atom. The standard InChI is InChI=1S/C17H15F3N2O3/c1-2-25-15(23)11-7-9-12(10-8-11)21-16(24)22-14-6-4-3-5-13(14)17(18,19)20/h3-10H,2H2,1H3,(H2,21,22,24). The van der Waals surface area contributed by atoms with Gasteiger partial charge in [0.1, 0.15) is 0 Å². The third-order valence-electron chi connectivity index (χ3n) is 3.13. The molecule has 0 fully saturated rings. The minimum absolute atomic E-state index is 0.236. The fourth-order valence-electron chi connectivity index (χ4n) is 2.03. The van der Waals surface area contributed by atoms with Gasteiger partial charge in [0.05, 0.1) is 23.4 Å². The maximum atomic E-state index is 12.9. The summed E-state index contributed by atoms with van der Waals surface area (Å²) < 4.78 is 43.5. The smallest absolute Gasteiger partial charge is 0.418 e. The lowest BCUT2D eigenvalue weighted by molar-refractivity contribution is -0.136. The number of hydrogen-bond acceptors (Lipinski definition) is 3. The lowest BCUT2D eigenvalue weighted by atomic mass is 10.1. The predicted molar refractivity (Wildman–Crippen MR) is 86.5 cm³/mol. The number of halogens is 3. The molecule has 2 aromatic carbocycles. The molecule has 0 heterocycles. The van der Waals surface area contributed by atoms with Gasteiger partial charge in [0.2, 0.25) is 0 Å². The first-order valence-corrected chi connectivity index (χ1v) is 7.32. The zero-order valence-electron chi connectivity index (χ0n) is 13.2. The number of ether oxygens (including phenoxy) is 1. The fourth-order valence-corrected chi connectivity index (χ4v) is 2.03.